The van der Waals surface area contributed by atoms with Gasteiger partial charge in [-0.05, 0) is 48.0 Å². The molecule has 1 aliphatic heterocycles. The lowest BCUT2D eigenvalue weighted by Crippen LogP contribution is -2.27. The zero-order valence-electron chi connectivity index (χ0n) is 17.4. The summed E-state index contributed by atoms with van der Waals surface area (Å²) >= 11 is 8.41. The largest absolute Gasteiger partial charge is 0.493 e. The lowest BCUT2D eigenvalue weighted by Gasteiger charge is -2.12. The van der Waals surface area contributed by atoms with E-state index < -0.39 is 0 Å². The van der Waals surface area contributed by atoms with Crippen LogP contribution in [0.15, 0.2) is 81.1 Å². The van der Waals surface area contributed by atoms with E-state index in [0.29, 0.717) is 39.6 Å². The number of benzene rings is 2. The molecule has 1 fully saturated rings. The summed E-state index contributed by atoms with van der Waals surface area (Å²) in [6.07, 6.45) is 3.40. The van der Waals surface area contributed by atoms with Crippen molar-refractivity contribution in [2.24, 2.45) is 0 Å². The third-order valence-electron chi connectivity index (χ3n) is 4.61. The Kier molecular flexibility index (Phi) is 7.57. The van der Waals surface area contributed by atoms with Crippen molar-refractivity contribution in [3.8, 4) is 11.5 Å². The lowest BCUT2D eigenvalue weighted by atomic mass is 10.2. The number of ether oxygens (including phenoxy) is 2. The zero-order chi connectivity index (χ0) is 22.3. The van der Waals surface area contributed by atoms with E-state index in [1.54, 1.807) is 36.1 Å². The van der Waals surface area contributed by atoms with Gasteiger partial charge in [0.1, 0.15) is 10.1 Å². The summed E-state index contributed by atoms with van der Waals surface area (Å²) in [6, 6.07) is 19.5. The number of hydrogen-bond donors (Lipinski definition) is 0. The van der Waals surface area contributed by atoms with Crippen LogP contribution in [0.4, 0.5) is 0 Å². The molecular weight excluding hydrogens is 462 g/mol. The van der Waals surface area contributed by atoms with Gasteiger partial charge in [-0.3, -0.25) is 9.69 Å². The molecule has 2 aromatic carbocycles. The summed E-state index contributed by atoms with van der Waals surface area (Å²) in [4.78, 5) is 16.1. The highest BCUT2D eigenvalue weighted by molar-refractivity contribution is 8.26. The van der Waals surface area contributed by atoms with Gasteiger partial charge < -0.3 is 13.9 Å². The minimum atomic E-state index is -0.131. The summed E-state index contributed by atoms with van der Waals surface area (Å²) in [6.45, 7) is 0.882. The molecule has 0 radical (unpaired) electrons. The molecule has 164 valence electrons. The molecule has 2 heterocycles. The van der Waals surface area contributed by atoms with Crippen molar-refractivity contribution in [3.63, 3.8) is 0 Å². The highest BCUT2D eigenvalue weighted by Crippen LogP contribution is 2.35. The summed E-state index contributed by atoms with van der Waals surface area (Å²) in [5, 5.41) is 0. The third-order valence-corrected chi connectivity index (χ3v) is 6.96. The number of thiocarbonyl (C=S) groups is 1. The second-order valence-corrected chi connectivity index (χ2v) is 9.61. The summed E-state index contributed by atoms with van der Waals surface area (Å²) < 4.78 is 17.3. The van der Waals surface area contributed by atoms with Crippen LogP contribution in [0, 0.1) is 0 Å². The average Bonchev–Trinajstić information content (AvgIpc) is 3.42. The molecule has 0 N–H and O–H groups in total. The van der Waals surface area contributed by atoms with Crippen LogP contribution >= 0.6 is 35.7 Å². The number of carbonyl (C=O) groups excluding carboxylic acids is 1. The number of rotatable bonds is 9. The molecule has 5 nitrogen and oxygen atoms in total. The van der Waals surface area contributed by atoms with Crippen molar-refractivity contribution in [2.75, 3.05) is 19.5 Å². The number of furan rings is 1. The first kappa shape index (κ1) is 22.5. The molecule has 0 bridgehead atoms. The smallest absolute Gasteiger partial charge is 0.266 e. The molecule has 0 unspecified atom stereocenters. The highest BCUT2D eigenvalue weighted by Gasteiger charge is 2.32. The van der Waals surface area contributed by atoms with Crippen molar-refractivity contribution in [2.45, 2.75) is 11.4 Å². The van der Waals surface area contributed by atoms with Gasteiger partial charge >= 0.3 is 0 Å². The number of amides is 1. The van der Waals surface area contributed by atoms with Gasteiger partial charge in [-0.2, -0.15) is 0 Å². The van der Waals surface area contributed by atoms with Gasteiger partial charge in [0.15, 0.2) is 11.5 Å². The van der Waals surface area contributed by atoms with Crippen LogP contribution in [0.1, 0.15) is 11.3 Å². The van der Waals surface area contributed by atoms with Crippen molar-refractivity contribution in [1.82, 2.24) is 4.90 Å². The fourth-order valence-corrected chi connectivity index (χ4v) is 5.07. The standard InChI is InChI=1S/C24H21NO4S3/c1-27-21-14-17(9-10-20(21)29-12-13-31-19-7-3-2-4-8-19)15-22-23(26)25(24(30)32-22)16-18-6-5-11-28-18/h2-11,14-15H,12-13,16H2,1H3/b22-15-. The van der Waals surface area contributed by atoms with Gasteiger partial charge in [-0.25, -0.2) is 0 Å². The van der Waals surface area contributed by atoms with Gasteiger partial charge in [0.2, 0.25) is 0 Å². The molecule has 0 saturated carbocycles. The van der Waals surface area contributed by atoms with E-state index in [9.17, 15) is 4.79 Å². The Morgan fingerprint density at radius 3 is 2.72 bits per heavy atom. The van der Waals surface area contributed by atoms with Crippen LogP contribution in [0.2, 0.25) is 0 Å². The lowest BCUT2D eigenvalue weighted by molar-refractivity contribution is -0.122. The normalized spacial score (nSPS) is 14.9. The van der Waals surface area contributed by atoms with E-state index in [1.807, 2.05) is 48.5 Å². The van der Waals surface area contributed by atoms with Gasteiger partial charge in [0.05, 0.1) is 31.4 Å². The number of thioether (sulfide) groups is 2. The fourth-order valence-electron chi connectivity index (χ4n) is 3.07. The Bertz CT molecular complexity index is 1110. The van der Waals surface area contributed by atoms with E-state index in [0.717, 1.165) is 11.3 Å². The first-order valence-electron chi connectivity index (χ1n) is 9.90. The quantitative estimate of drug-likeness (QED) is 0.163. The molecule has 1 aromatic heterocycles. The maximum absolute atomic E-state index is 12.8. The van der Waals surface area contributed by atoms with Crippen molar-refractivity contribution in [1.29, 1.82) is 0 Å². The fraction of sp³-hybridized carbons (Fsp3) is 0.167. The Morgan fingerprint density at radius 1 is 1.12 bits per heavy atom. The molecule has 1 aliphatic rings. The first-order valence-corrected chi connectivity index (χ1v) is 12.1. The molecule has 4 rings (SSSR count). The van der Waals surface area contributed by atoms with Crippen LogP contribution in [0.25, 0.3) is 6.08 Å². The Hall–Kier alpha value is -2.68. The second kappa shape index (κ2) is 10.8. The Balaban J connectivity index is 1.39. The van der Waals surface area contributed by atoms with Gasteiger partial charge in [-0.1, -0.05) is 48.2 Å². The van der Waals surface area contributed by atoms with E-state index >= 15 is 0 Å². The molecule has 0 spiro atoms. The van der Waals surface area contributed by atoms with Crippen LogP contribution in [0.5, 0.6) is 11.5 Å². The minimum absolute atomic E-state index is 0.131. The van der Waals surface area contributed by atoms with Gasteiger partial charge in [-0.15, -0.1) is 11.8 Å². The van der Waals surface area contributed by atoms with Crippen molar-refractivity contribution < 1.29 is 18.7 Å². The van der Waals surface area contributed by atoms with E-state index in [4.69, 9.17) is 26.1 Å². The molecule has 32 heavy (non-hydrogen) atoms. The van der Waals surface area contributed by atoms with Gasteiger partial charge in [0, 0.05) is 10.6 Å². The van der Waals surface area contributed by atoms with Crippen molar-refractivity contribution >= 4 is 52.0 Å². The molecular formula is C24H21NO4S3. The molecule has 3 aromatic rings. The number of carbonyl (C=O) groups is 1. The predicted octanol–water partition coefficient (Wildman–Crippen LogP) is 5.86. The van der Waals surface area contributed by atoms with Crippen LogP contribution in [-0.4, -0.2) is 34.6 Å². The topological polar surface area (TPSA) is 51.9 Å². The van der Waals surface area contributed by atoms with Crippen LogP contribution < -0.4 is 9.47 Å². The van der Waals surface area contributed by atoms with Crippen LogP contribution in [0.3, 0.4) is 0 Å². The Labute approximate surface area is 200 Å². The molecule has 1 amide bonds. The Morgan fingerprint density at radius 2 is 1.97 bits per heavy atom. The number of nitrogens with zero attached hydrogens (tertiary/aromatic N) is 1. The van der Waals surface area contributed by atoms with E-state index in [2.05, 4.69) is 12.1 Å². The first-order chi connectivity index (χ1) is 15.6. The molecule has 1 saturated heterocycles. The number of methoxy groups -OCH3 is 1. The third kappa shape index (κ3) is 5.56. The van der Waals surface area contributed by atoms with E-state index in [1.165, 1.54) is 16.7 Å². The predicted molar refractivity (Wildman–Crippen MR) is 133 cm³/mol. The SMILES string of the molecule is COc1cc(/C=C2\SC(=S)N(Cc3ccco3)C2=O)ccc1OCCSc1ccccc1. The zero-order valence-corrected chi connectivity index (χ0v) is 19.8. The van der Waals surface area contributed by atoms with E-state index in [-0.39, 0.29) is 5.91 Å². The van der Waals surface area contributed by atoms with Crippen LogP contribution in [-0.2, 0) is 11.3 Å². The highest BCUT2D eigenvalue weighted by atomic mass is 32.2. The van der Waals surface area contributed by atoms with Gasteiger partial charge in [0.25, 0.3) is 5.91 Å². The number of hydrogen-bond acceptors (Lipinski definition) is 7. The summed E-state index contributed by atoms with van der Waals surface area (Å²) in [5.41, 5.74) is 0.839. The maximum Gasteiger partial charge on any atom is 0.266 e. The summed E-state index contributed by atoms with van der Waals surface area (Å²) in [7, 11) is 1.60. The molecule has 0 atom stereocenters. The average molecular weight is 484 g/mol. The maximum atomic E-state index is 12.8. The second-order valence-electron chi connectivity index (χ2n) is 6.77. The monoisotopic (exact) mass is 483 g/mol. The summed E-state index contributed by atoms with van der Waals surface area (Å²) in [5.74, 6) is 2.68. The van der Waals surface area contributed by atoms with Crippen molar-refractivity contribution in [3.05, 3.63) is 83.2 Å². The molecule has 0 aliphatic carbocycles. The minimum Gasteiger partial charge on any atom is -0.493 e. The molecule has 8 heteroatoms.